The Labute approximate surface area is 70.3 Å². The summed E-state index contributed by atoms with van der Waals surface area (Å²) in [6.07, 6.45) is 3.49. The molecule has 0 fully saturated rings. The molecule has 1 radical (unpaired) electrons. The number of nitrogens with one attached hydrogen (secondary N) is 2. The summed E-state index contributed by atoms with van der Waals surface area (Å²) < 4.78 is 0. The van der Waals surface area contributed by atoms with Crippen molar-refractivity contribution in [3.63, 3.8) is 0 Å². The topological polar surface area (TPSA) is 52.5 Å². The van der Waals surface area contributed by atoms with E-state index in [1.165, 1.54) is 0 Å². The normalized spacial score (nSPS) is 10.0. The Morgan fingerprint density at radius 1 is 1.17 bits per heavy atom. The lowest BCUT2D eigenvalue weighted by Gasteiger charge is -1.95. The lowest BCUT2D eigenvalue weighted by atomic mass is 10.2. The number of aromatic nitrogens is 2. The number of hydrogen-bond donors (Lipinski definition) is 1. The Balaban J connectivity index is 2.43. The maximum Gasteiger partial charge on any atom is 0.137 e. The second-order valence-electron chi connectivity index (χ2n) is 2.52. The highest BCUT2D eigenvalue weighted by Crippen LogP contribution is 2.15. The fourth-order valence-corrected chi connectivity index (χ4v) is 1.05. The third-order valence-corrected chi connectivity index (χ3v) is 1.66. The molecule has 0 atom stereocenters. The third kappa shape index (κ3) is 1.16. The second-order valence-corrected chi connectivity index (χ2v) is 2.52. The van der Waals surface area contributed by atoms with Gasteiger partial charge in [0, 0.05) is 18.0 Å². The molecular weight excluding hydrogens is 150 g/mol. The van der Waals surface area contributed by atoms with Crippen molar-refractivity contribution in [1.82, 2.24) is 15.7 Å². The van der Waals surface area contributed by atoms with Crippen LogP contribution in [-0.2, 0) is 0 Å². The fraction of sp³-hybridized carbons (Fsp3) is 0. The van der Waals surface area contributed by atoms with Gasteiger partial charge in [0.05, 0.1) is 5.69 Å². The first kappa shape index (κ1) is 6.91. The van der Waals surface area contributed by atoms with Gasteiger partial charge in [-0.2, -0.15) is 0 Å². The van der Waals surface area contributed by atoms with Crippen molar-refractivity contribution in [3.8, 4) is 11.4 Å². The molecule has 3 heteroatoms. The van der Waals surface area contributed by atoms with E-state index in [2.05, 4.69) is 9.97 Å². The summed E-state index contributed by atoms with van der Waals surface area (Å²) in [5.74, 6) is 0.843. The van der Waals surface area contributed by atoms with Crippen LogP contribution in [0.1, 0.15) is 0 Å². The number of aromatic amines is 1. The number of rotatable bonds is 1. The average Bonchev–Trinajstić information content (AvgIpc) is 2.58. The van der Waals surface area contributed by atoms with Gasteiger partial charge < -0.3 is 10.7 Å². The van der Waals surface area contributed by atoms with Gasteiger partial charge in [0.25, 0.3) is 0 Å². The minimum absolute atomic E-state index is 0.519. The SMILES string of the molecule is [NH]c1ccc(-c2ncc[nH]2)cc1. The van der Waals surface area contributed by atoms with Crippen LogP contribution < -0.4 is 5.73 Å². The van der Waals surface area contributed by atoms with E-state index in [1.807, 2.05) is 12.1 Å². The zero-order chi connectivity index (χ0) is 8.39. The first-order valence-corrected chi connectivity index (χ1v) is 3.68. The van der Waals surface area contributed by atoms with Gasteiger partial charge in [-0.1, -0.05) is 0 Å². The smallest absolute Gasteiger partial charge is 0.137 e. The molecule has 0 saturated heterocycles. The summed E-state index contributed by atoms with van der Waals surface area (Å²) in [7, 11) is 0. The number of benzene rings is 1. The van der Waals surface area contributed by atoms with Crippen LogP contribution in [0.25, 0.3) is 11.4 Å². The number of nitrogens with zero attached hydrogens (tertiary/aromatic N) is 1. The van der Waals surface area contributed by atoms with E-state index < -0.39 is 0 Å². The Bertz CT molecular complexity index is 348. The summed E-state index contributed by atoms with van der Waals surface area (Å²) in [6.45, 7) is 0. The highest BCUT2D eigenvalue weighted by molar-refractivity contribution is 5.57. The van der Waals surface area contributed by atoms with E-state index in [9.17, 15) is 0 Å². The largest absolute Gasteiger partial charge is 0.345 e. The molecule has 1 aromatic carbocycles. The second kappa shape index (κ2) is 2.70. The van der Waals surface area contributed by atoms with E-state index in [0.717, 1.165) is 11.4 Å². The average molecular weight is 158 g/mol. The van der Waals surface area contributed by atoms with E-state index >= 15 is 0 Å². The molecular formula is C9H8N3. The molecule has 0 aliphatic heterocycles. The lowest BCUT2D eigenvalue weighted by Crippen LogP contribution is -1.78. The molecule has 0 amide bonds. The minimum Gasteiger partial charge on any atom is -0.345 e. The first-order valence-electron chi connectivity index (χ1n) is 3.68. The Kier molecular flexibility index (Phi) is 1.55. The van der Waals surface area contributed by atoms with Crippen LogP contribution in [0.5, 0.6) is 0 Å². The standard InChI is InChI=1S/C9H8N3/c10-8-3-1-7(2-4-8)9-11-5-6-12-9/h1-6,10H,(H,11,12). The van der Waals surface area contributed by atoms with Crippen molar-refractivity contribution < 1.29 is 0 Å². The molecule has 0 spiro atoms. The van der Waals surface area contributed by atoms with Gasteiger partial charge in [-0.15, -0.1) is 0 Å². The van der Waals surface area contributed by atoms with Crippen LogP contribution >= 0.6 is 0 Å². The van der Waals surface area contributed by atoms with Gasteiger partial charge in [0.2, 0.25) is 0 Å². The fourth-order valence-electron chi connectivity index (χ4n) is 1.05. The van der Waals surface area contributed by atoms with E-state index in [1.54, 1.807) is 24.5 Å². The molecule has 0 aliphatic rings. The molecule has 2 rings (SSSR count). The predicted octanol–water partition coefficient (Wildman–Crippen LogP) is 1.99. The number of H-pyrrole nitrogens is 1. The molecule has 0 unspecified atom stereocenters. The van der Waals surface area contributed by atoms with Crippen molar-refractivity contribution in [2.24, 2.45) is 0 Å². The summed E-state index contributed by atoms with van der Waals surface area (Å²) in [4.78, 5) is 7.10. The van der Waals surface area contributed by atoms with Crippen LogP contribution in [0.4, 0.5) is 5.69 Å². The molecule has 12 heavy (non-hydrogen) atoms. The molecule has 2 aromatic rings. The number of imidazole rings is 1. The van der Waals surface area contributed by atoms with Crippen LogP contribution in [-0.4, -0.2) is 9.97 Å². The van der Waals surface area contributed by atoms with Crippen molar-refractivity contribution in [1.29, 1.82) is 0 Å². The van der Waals surface area contributed by atoms with Crippen LogP contribution in [0, 0.1) is 0 Å². The molecule has 0 saturated carbocycles. The van der Waals surface area contributed by atoms with Gasteiger partial charge in [-0.25, -0.2) is 4.98 Å². The van der Waals surface area contributed by atoms with Gasteiger partial charge in [0.15, 0.2) is 0 Å². The van der Waals surface area contributed by atoms with Crippen molar-refractivity contribution >= 4 is 5.69 Å². The van der Waals surface area contributed by atoms with E-state index in [4.69, 9.17) is 5.73 Å². The van der Waals surface area contributed by atoms with Gasteiger partial charge in [-0.3, -0.25) is 0 Å². The molecule has 1 heterocycles. The lowest BCUT2D eigenvalue weighted by molar-refractivity contribution is 1.31. The summed E-state index contributed by atoms with van der Waals surface area (Å²) >= 11 is 0. The van der Waals surface area contributed by atoms with Crippen molar-refractivity contribution in [2.75, 3.05) is 0 Å². The molecule has 1 aromatic heterocycles. The predicted molar refractivity (Wildman–Crippen MR) is 46.8 cm³/mol. The highest BCUT2D eigenvalue weighted by atomic mass is 14.9. The zero-order valence-electron chi connectivity index (χ0n) is 6.41. The third-order valence-electron chi connectivity index (χ3n) is 1.66. The molecule has 2 N–H and O–H groups in total. The van der Waals surface area contributed by atoms with E-state index in [0.29, 0.717) is 5.69 Å². The summed E-state index contributed by atoms with van der Waals surface area (Å²) in [5, 5.41) is 0. The monoisotopic (exact) mass is 158 g/mol. The minimum atomic E-state index is 0.519. The van der Waals surface area contributed by atoms with Crippen LogP contribution in [0.2, 0.25) is 0 Å². The Hall–Kier alpha value is -1.77. The van der Waals surface area contributed by atoms with Crippen molar-refractivity contribution in [3.05, 3.63) is 36.7 Å². The molecule has 59 valence electrons. The van der Waals surface area contributed by atoms with Crippen LogP contribution in [0.3, 0.4) is 0 Å². The number of hydrogen-bond acceptors (Lipinski definition) is 1. The van der Waals surface area contributed by atoms with E-state index in [-0.39, 0.29) is 0 Å². The first-order chi connectivity index (χ1) is 5.86. The zero-order valence-corrected chi connectivity index (χ0v) is 6.41. The van der Waals surface area contributed by atoms with Gasteiger partial charge >= 0.3 is 0 Å². The maximum atomic E-state index is 7.29. The highest BCUT2D eigenvalue weighted by Gasteiger charge is 1.97. The van der Waals surface area contributed by atoms with Gasteiger partial charge in [-0.05, 0) is 24.3 Å². The quantitative estimate of drug-likeness (QED) is 0.677. The maximum absolute atomic E-state index is 7.29. The van der Waals surface area contributed by atoms with Crippen LogP contribution in [0.15, 0.2) is 36.7 Å². The summed E-state index contributed by atoms with van der Waals surface area (Å²) in [5.41, 5.74) is 8.82. The molecule has 3 nitrogen and oxygen atoms in total. The molecule has 0 aliphatic carbocycles. The van der Waals surface area contributed by atoms with Crippen molar-refractivity contribution in [2.45, 2.75) is 0 Å². The summed E-state index contributed by atoms with van der Waals surface area (Å²) in [6, 6.07) is 7.25. The van der Waals surface area contributed by atoms with Gasteiger partial charge in [0.1, 0.15) is 5.82 Å². The Morgan fingerprint density at radius 3 is 2.50 bits per heavy atom. The molecule has 0 bridgehead atoms. The Morgan fingerprint density at radius 2 is 1.92 bits per heavy atom.